The van der Waals surface area contributed by atoms with Crippen molar-refractivity contribution >= 4 is 29.7 Å². The van der Waals surface area contributed by atoms with E-state index in [1.807, 2.05) is 0 Å². The van der Waals surface area contributed by atoms with Crippen LogP contribution in [0.25, 0.3) is 0 Å². The lowest BCUT2D eigenvalue weighted by atomic mass is 10.1. The molecule has 0 radical (unpaired) electrons. The van der Waals surface area contributed by atoms with Gasteiger partial charge in [-0.1, -0.05) is 24.3 Å². The van der Waals surface area contributed by atoms with Gasteiger partial charge in [-0.3, -0.25) is 19.3 Å². The summed E-state index contributed by atoms with van der Waals surface area (Å²) in [5.41, 5.74) is -1.54. The molecule has 2 aromatic carbocycles. The van der Waals surface area contributed by atoms with Crippen LogP contribution in [0.1, 0.15) is 13.3 Å². The lowest BCUT2D eigenvalue weighted by molar-refractivity contribution is -0.274. The zero-order valence-electron chi connectivity index (χ0n) is 15.8. The van der Waals surface area contributed by atoms with E-state index in [0.717, 1.165) is 28.9 Å². The third-order valence-corrected chi connectivity index (χ3v) is 4.46. The zero-order chi connectivity index (χ0) is 21.9. The lowest BCUT2D eigenvalue weighted by Crippen LogP contribution is -2.57. The highest BCUT2D eigenvalue weighted by Crippen LogP contribution is 2.37. The molecule has 1 aliphatic heterocycles. The highest BCUT2D eigenvalue weighted by Gasteiger charge is 2.55. The number of halogens is 3. The van der Waals surface area contributed by atoms with Gasteiger partial charge in [-0.2, -0.15) is 0 Å². The molecule has 0 bridgehead atoms. The molecule has 1 heterocycles. The highest BCUT2D eigenvalue weighted by atomic mass is 19.4. The number of para-hydroxylation sites is 1. The maximum atomic E-state index is 13.3. The van der Waals surface area contributed by atoms with Gasteiger partial charge in [-0.15, -0.1) is 13.2 Å². The van der Waals surface area contributed by atoms with Crippen LogP contribution < -0.4 is 14.5 Å². The molecule has 1 fully saturated rings. The van der Waals surface area contributed by atoms with Crippen LogP contribution in [-0.4, -0.2) is 36.9 Å². The van der Waals surface area contributed by atoms with E-state index in [0.29, 0.717) is 12.1 Å². The molecule has 0 aromatic heterocycles. The van der Waals surface area contributed by atoms with E-state index in [2.05, 4.69) is 4.74 Å². The van der Waals surface area contributed by atoms with Crippen molar-refractivity contribution in [1.82, 2.24) is 0 Å². The summed E-state index contributed by atoms with van der Waals surface area (Å²) >= 11 is 0. The predicted molar refractivity (Wildman–Crippen MR) is 99.6 cm³/mol. The van der Waals surface area contributed by atoms with Crippen molar-refractivity contribution in [2.45, 2.75) is 25.4 Å². The lowest BCUT2D eigenvalue weighted by Gasteiger charge is -2.35. The van der Waals surface area contributed by atoms with Crippen molar-refractivity contribution in [1.29, 1.82) is 0 Å². The van der Waals surface area contributed by atoms with Crippen molar-refractivity contribution in [2.24, 2.45) is 0 Å². The van der Waals surface area contributed by atoms with Crippen molar-refractivity contribution in [3.8, 4) is 5.75 Å². The fourth-order valence-corrected chi connectivity index (χ4v) is 3.33. The number of carbonyl (C=O) groups excluding carboxylic acids is 3. The minimum Gasteiger partial charge on any atom is -0.429 e. The van der Waals surface area contributed by atoms with Crippen molar-refractivity contribution in [3.05, 3.63) is 54.6 Å². The zero-order valence-corrected chi connectivity index (χ0v) is 15.8. The van der Waals surface area contributed by atoms with E-state index >= 15 is 0 Å². The molecule has 1 aliphatic rings. The van der Waals surface area contributed by atoms with Crippen molar-refractivity contribution in [2.75, 3.05) is 16.3 Å². The first-order valence-corrected chi connectivity index (χ1v) is 8.83. The standard InChI is InChI=1S/C20H17F3N2O5/c1-14(27)29-19(25(13-26)15-6-3-2-4-7-15)10-11-24(18(19)28)16-8-5-9-17(12-16)30-20(21,22)23/h2-9,12-13H,10-11H2,1H3. The van der Waals surface area contributed by atoms with E-state index in [1.54, 1.807) is 30.3 Å². The first kappa shape index (κ1) is 21.2. The van der Waals surface area contributed by atoms with Crippen LogP contribution in [0, 0.1) is 0 Å². The summed E-state index contributed by atoms with van der Waals surface area (Å²) in [5.74, 6) is -2.06. The van der Waals surface area contributed by atoms with Crippen LogP contribution in [0.15, 0.2) is 54.6 Å². The summed E-state index contributed by atoms with van der Waals surface area (Å²) in [6.45, 7) is 1.10. The SMILES string of the molecule is CC(=O)OC1(N(C=O)c2ccccc2)CCN(c2cccc(OC(F)(F)F)c2)C1=O. The number of ether oxygens (including phenoxy) is 2. The fraction of sp³-hybridized carbons (Fsp3) is 0.250. The number of carbonyl (C=O) groups is 3. The second kappa shape index (κ2) is 8.05. The normalized spacial score (nSPS) is 18.8. The smallest absolute Gasteiger partial charge is 0.429 e. The average molecular weight is 422 g/mol. The number of hydrogen-bond acceptors (Lipinski definition) is 5. The number of anilines is 2. The van der Waals surface area contributed by atoms with Gasteiger partial charge in [0.1, 0.15) is 5.75 Å². The summed E-state index contributed by atoms with van der Waals surface area (Å²) in [5, 5.41) is 0. The Morgan fingerprint density at radius 1 is 1.17 bits per heavy atom. The van der Waals surface area contributed by atoms with E-state index in [9.17, 15) is 27.6 Å². The number of alkyl halides is 3. The quantitative estimate of drug-likeness (QED) is 0.406. The van der Waals surface area contributed by atoms with Crippen LogP contribution in [0.3, 0.4) is 0 Å². The molecule has 2 aromatic rings. The van der Waals surface area contributed by atoms with Crippen molar-refractivity contribution in [3.63, 3.8) is 0 Å². The molecule has 10 heteroatoms. The van der Waals surface area contributed by atoms with Gasteiger partial charge in [-0.25, -0.2) is 0 Å². The molecule has 0 spiro atoms. The number of rotatable bonds is 6. The molecule has 3 rings (SSSR count). The van der Waals surface area contributed by atoms with E-state index in [-0.39, 0.29) is 18.7 Å². The van der Waals surface area contributed by atoms with Crippen LogP contribution in [0.5, 0.6) is 5.75 Å². The topological polar surface area (TPSA) is 76.2 Å². The first-order chi connectivity index (χ1) is 14.2. The van der Waals surface area contributed by atoms with Crippen LogP contribution in [0.2, 0.25) is 0 Å². The minimum atomic E-state index is -4.89. The molecule has 30 heavy (non-hydrogen) atoms. The van der Waals surface area contributed by atoms with Gasteiger partial charge in [0.25, 0.3) is 11.6 Å². The predicted octanol–water partition coefficient (Wildman–Crippen LogP) is 3.24. The molecule has 1 atom stereocenters. The molecule has 158 valence electrons. The Balaban J connectivity index is 1.99. The van der Waals surface area contributed by atoms with Crippen LogP contribution >= 0.6 is 0 Å². The van der Waals surface area contributed by atoms with E-state index in [1.165, 1.54) is 12.1 Å². The van der Waals surface area contributed by atoms with Gasteiger partial charge in [0.05, 0.1) is 0 Å². The largest absolute Gasteiger partial charge is 0.573 e. The van der Waals surface area contributed by atoms with E-state index < -0.39 is 29.7 Å². The second-order valence-electron chi connectivity index (χ2n) is 6.44. The minimum absolute atomic E-state index is 0.00123. The second-order valence-corrected chi connectivity index (χ2v) is 6.44. The molecule has 2 amide bonds. The molecule has 0 N–H and O–H groups in total. The molecule has 0 saturated carbocycles. The Labute approximate surface area is 169 Å². The molecule has 1 saturated heterocycles. The van der Waals surface area contributed by atoms with Gasteiger partial charge < -0.3 is 14.4 Å². The third kappa shape index (κ3) is 4.22. The maximum Gasteiger partial charge on any atom is 0.573 e. The van der Waals surface area contributed by atoms with Gasteiger partial charge in [0.2, 0.25) is 6.41 Å². The summed E-state index contributed by atoms with van der Waals surface area (Å²) in [7, 11) is 0. The average Bonchev–Trinajstić information content (AvgIpc) is 2.98. The maximum absolute atomic E-state index is 13.3. The van der Waals surface area contributed by atoms with Crippen molar-refractivity contribution < 1.29 is 37.0 Å². The Hall–Kier alpha value is -3.56. The third-order valence-electron chi connectivity index (χ3n) is 4.46. The van der Waals surface area contributed by atoms with E-state index in [4.69, 9.17) is 4.74 Å². The van der Waals surface area contributed by atoms with Crippen LogP contribution in [-0.2, 0) is 19.1 Å². The van der Waals surface area contributed by atoms with Crippen LogP contribution in [0.4, 0.5) is 24.5 Å². The Morgan fingerprint density at radius 2 is 1.87 bits per heavy atom. The molecule has 1 unspecified atom stereocenters. The molecular weight excluding hydrogens is 405 g/mol. The molecule has 7 nitrogen and oxygen atoms in total. The summed E-state index contributed by atoms with van der Waals surface area (Å²) < 4.78 is 46.8. The number of esters is 1. The fourth-order valence-electron chi connectivity index (χ4n) is 3.33. The Kier molecular flexibility index (Phi) is 5.68. The Bertz CT molecular complexity index is 951. The first-order valence-electron chi connectivity index (χ1n) is 8.83. The Morgan fingerprint density at radius 3 is 2.47 bits per heavy atom. The van der Waals surface area contributed by atoms with Gasteiger partial charge in [0.15, 0.2) is 0 Å². The number of nitrogens with zero attached hydrogens (tertiary/aromatic N) is 2. The molecule has 0 aliphatic carbocycles. The highest BCUT2D eigenvalue weighted by molar-refractivity contribution is 6.07. The number of amides is 2. The summed E-state index contributed by atoms with van der Waals surface area (Å²) in [4.78, 5) is 39.1. The molecular formula is C20H17F3N2O5. The van der Waals surface area contributed by atoms with Gasteiger partial charge >= 0.3 is 12.3 Å². The summed E-state index contributed by atoms with van der Waals surface area (Å²) in [6, 6.07) is 13.0. The monoisotopic (exact) mass is 422 g/mol. The van der Waals surface area contributed by atoms with Gasteiger partial charge in [0, 0.05) is 37.3 Å². The summed E-state index contributed by atoms with van der Waals surface area (Å²) in [6.07, 6.45) is -4.59. The number of benzene rings is 2. The number of hydrogen-bond donors (Lipinski definition) is 0. The van der Waals surface area contributed by atoms with Gasteiger partial charge in [-0.05, 0) is 24.3 Å².